The molecule has 0 aromatic carbocycles. The molecule has 0 radical (unpaired) electrons. The summed E-state index contributed by atoms with van der Waals surface area (Å²) >= 11 is 0. The summed E-state index contributed by atoms with van der Waals surface area (Å²) in [5.74, 6) is -0.216. The highest BCUT2D eigenvalue weighted by Crippen LogP contribution is 2.36. The van der Waals surface area contributed by atoms with Crippen LogP contribution in [0, 0.1) is 11.8 Å². The van der Waals surface area contributed by atoms with Gasteiger partial charge < -0.3 is 9.47 Å². The van der Waals surface area contributed by atoms with Crippen LogP contribution >= 0.6 is 0 Å². The molecule has 1 aliphatic heterocycles. The molecule has 0 unspecified atom stereocenters. The van der Waals surface area contributed by atoms with Gasteiger partial charge in [-0.2, -0.15) is 0 Å². The van der Waals surface area contributed by atoms with Crippen molar-refractivity contribution in [2.75, 3.05) is 0 Å². The Hall–Kier alpha value is -0.410. The third-order valence-electron chi connectivity index (χ3n) is 3.14. The van der Waals surface area contributed by atoms with Crippen LogP contribution in [0.5, 0.6) is 0 Å². The summed E-state index contributed by atoms with van der Waals surface area (Å²) in [6.07, 6.45) is 0.792. The van der Waals surface area contributed by atoms with Crippen molar-refractivity contribution in [2.24, 2.45) is 11.8 Å². The third-order valence-corrected chi connectivity index (χ3v) is 3.14. The Labute approximate surface area is 98.5 Å². The lowest BCUT2D eigenvalue weighted by Gasteiger charge is -2.46. The summed E-state index contributed by atoms with van der Waals surface area (Å²) in [5, 5.41) is 0. The molecule has 3 nitrogen and oxygen atoms in total. The fraction of sp³-hybridized carbons (Fsp3) is 0.923. The topological polar surface area (TPSA) is 35.5 Å². The SMILES string of the molecule is CC[C@H]1OC(C)(C)O[C@@H](C(C)C)[C@@H]1C(C)=O. The number of ketones is 1. The average molecular weight is 228 g/mol. The molecule has 3 heteroatoms. The Morgan fingerprint density at radius 2 is 1.88 bits per heavy atom. The molecule has 0 spiro atoms. The molecule has 94 valence electrons. The number of hydrogen-bond donors (Lipinski definition) is 0. The number of hydrogen-bond acceptors (Lipinski definition) is 3. The van der Waals surface area contributed by atoms with E-state index in [1.54, 1.807) is 6.92 Å². The first kappa shape index (κ1) is 13.7. The molecule has 0 aromatic rings. The average Bonchev–Trinajstić information content (AvgIpc) is 2.14. The Kier molecular flexibility index (Phi) is 4.13. The Balaban J connectivity index is 2.96. The molecule has 1 rings (SSSR count). The minimum Gasteiger partial charge on any atom is -0.346 e. The van der Waals surface area contributed by atoms with Gasteiger partial charge in [0.05, 0.1) is 18.1 Å². The molecule has 0 saturated carbocycles. The van der Waals surface area contributed by atoms with Gasteiger partial charge in [0.1, 0.15) is 5.78 Å². The Morgan fingerprint density at radius 1 is 1.31 bits per heavy atom. The zero-order valence-electron chi connectivity index (χ0n) is 11.2. The summed E-state index contributed by atoms with van der Waals surface area (Å²) in [6.45, 7) is 11.7. The van der Waals surface area contributed by atoms with Gasteiger partial charge in [-0.25, -0.2) is 0 Å². The molecule has 1 saturated heterocycles. The van der Waals surface area contributed by atoms with Crippen molar-refractivity contribution in [1.29, 1.82) is 0 Å². The van der Waals surface area contributed by atoms with Crippen LogP contribution in [0.25, 0.3) is 0 Å². The first-order valence-electron chi connectivity index (χ1n) is 6.14. The van der Waals surface area contributed by atoms with E-state index < -0.39 is 5.79 Å². The second-order valence-corrected chi connectivity index (χ2v) is 5.43. The van der Waals surface area contributed by atoms with Gasteiger partial charge >= 0.3 is 0 Å². The largest absolute Gasteiger partial charge is 0.346 e. The second kappa shape index (κ2) is 4.84. The molecule has 0 N–H and O–H groups in total. The smallest absolute Gasteiger partial charge is 0.163 e. The monoisotopic (exact) mass is 228 g/mol. The van der Waals surface area contributed by atoms with Gasteiger partial charge in [0.15, 0.2) is 5.79 Å². The van der Waals surface area contributed by atoms with Crippen LogP contribution in [0.3, 0.4) is 0 Å². The molecule has 1 fully saturated rings. The number of rotatable bonds is 3. The van der Waals surface area contributed by atoms with E-state index in [-0.39, 0.29) is 23.9 Å². The van der Waals surface area contributed by atoms with Crippen molar-refractivity contribution in [3.05, 3.63) is 0 Å². The molecule has 0 bridgehead atoms. The maximum Gasteiger partial charge on any atom is 0.163 e. The standard InChI is InChI=1S/C13H24O3/c1-7-10-11(9(4)14)12(8(2)3)16-13(5,6)15-10/h8,10-12H,7H2,1-6H3/t10-,11-,12+/m1/s1. The normalized spacial score (nSPS) is 34.1. The molecule has 3 atom stereocenters. The summed E-state index contributed by atoms with van der Waals surface area (Å²) in [5.41, 5.74) is 0. The van der Waals surface area contributed by atoms with E-state index in [2.05, 4.69) is 20.8 Å². The van der Waals surface area contributed by atoms with E-state index in [0.717, 1.165) is 6.42 Å². The molecule has 1 aliphatic rings. The predicted octanol–water partition coefficient (Wildman–Crippen LogP) is 2.78. The highest BCUT2D eigenvalue weighted by atomic mass is 16.7. The Bertz CT molecular complexity index is 258. The van der Waals surface area contributed by atoms with E-state index in [4.69, 9.17) is 9.47 Å². The number of carbonyl (C=O) groups excluding carboxylic acids is 1. The van der Waals surface area contributed by atoms with Crippen molar-refractivity contribution < 1.29 is 14.3 Å². The zero-order chi connectivity index (χ0) is 12.5. The number of Topliss-reactive ketones (excluding diaryl/α,β-unsaturated/α-hetero) is 1. The van der Waals surface area contributed by atoms with Gasteiger partial charge in [-0.1, -0.05) is 20.8 Å². The first-order chi connectivity index (χ1) is 7.28. The molecule has 1 heterocycles. The van der Waals surface area contributed by atoms with Gasteiger partial charge in [-0.15, -0.1) is 0 Å². The van der Waals surface area contributed by atoms with E-state index in [0.29, 0.717) is 5.92 Å². The molecule has 0 aromatic heterocycles. The van der Waals surface area contributed by atoms with Gasteiger partial charge in [0, 0.05) is 0 Å². The number of ether oxygens (including phenoxy) is 2. The fourth-order valence-electron chi connectivity index (χ4n) is 2.46. The lowest BCUT2D eigenvalue weighted by molar-refractivity contribution is -0.322. The first-order valence-corrected chi connectivity index (χ1v) is 6.14. The molecule has 16 heavy (non-hydrogen) atoms. The lowest BCUT2D eigenvalue weighted by atomic mass is 9.83. The van der Waals surface area contributed by atoms with Crippen LogP contribution in [0.15, 0.2) is 0 Å². The van der Waals surface area contributed by atoms with Crippen molar-refractivity contribution in [2.45, 2.75) is 66.0 Å². The quantitative estimate of drug-likeness (QED) is 0.745. The highest BCUT2D eigenvalue weighted by Gasteiger charge is 2.45. The summed E-state index contributed by atoms with van der Waals surface area (Å²) in [4.78, 5) is 11.7. The van der Waals surface area contributed by atoms with Crippen molar-refractivity contribution in [3.8, 4) is 0 Å². The second-order valence-electron chi connectivity index (χ2n) is 5.43. The van der Waals surface area contributed by atoms with Crippen LogP contribution < -0.4 is 0 Å². The van der Waals surface area contributed by atoms with Crippen LogP contribution in [-0.2, 0) is 14.3 Å². The number of carbonyl (C=O) groups is 1. The summed E-state index contributed by atoms with van der Waals surface area (Å²) in [7, 11) is 0. The third kappa shape index (κ3) is 2.83. The minimum atomic E-state index is -0.582. The van der Waals surface area contributed by atoms with Crippen LogP contribution in [0.4, 0.5) is 0 Å². The van der Waals surface area contributed by atoms with E-state index >= 15 is 0 Å². The molecule has 0 aliphatic carbocycles. The van der Waals surface area contributed by atoms with Crippen molar-refractivity contribution in [3.63, 3.8) is 0 Å². The highest BCUT2D eigenvalue weighted by molar-refractivity contribution is 5.79. The predicted molar refractivity (Wildman–Crippen MR) is 63.1 cm³/mol. The van der Waals surface area contributed by atoms with E-state index in [1.165, 1.54) is 0 Å². The maximum absolute atomic E-state index is 11.7. The van der Waals surface area contributed by atoms with Crippen LogP contribution in [0.2, 0.25) is 0 Å². The maximum atomic E-state index is 11.7. The minimum absolute atomic E-state index is 0.0198. The molecule has 0 amide bonds. The molecular weight excluding hydrogens is 204 g/mol. The fourth-order valence-corrected chi connectivity index (χ4v) is 2.46. The lowest BCUT2D eigenvalue weighted by Crippen LogP contribution is -2.54. The summed E-state index contributed by atoms with van der Waals surface area (Å²) < 4.78 is 11.7. The van der Waals surface area contributed by atoms with Crippen LogP contribution in [-0.4, -0.2) is 23.8 Å². The van der Waals surface area contributed by atoms with Crippen molar-refractivity contribution in [1.82, 2.24) is 0 Å². The Morgan fingerprint density at radius 3 is 2.25 bits per heavy atom. The molecular formula is C13H24O3. The van der Waals surface area contributed by atoms with E-state index in [9.17, 15) is 4.79 Å². The van der Waals surface area contributed by atoms with E-state index in [1.807, 2.05) is 13.8 Å². The van der Waals surface area contributed by atoms with Gasteiger partial charge in [0.2, 0.25) is 0 Å². The van der Waals surface area contributed by atoms with Gasteiger partial charge in [-0.05, 0) is 33.1 Å². The van der Waals surface area contributed by atoms with Crippen molar-refractivity contribution >= 4 is 5.78 Å². The summed E-state index contributed by atoms with van der Waals surface area (Å²) in [6, 6.07) is 0. The van der Waals surface area contributed by atoms with Crippen LogP contribution in [0.1, 0.15) is 48.0 Å². The van der Waals surface area contributed by atoms with Gasteiger partial charge in [0.25, 0.3) is 0 Å². The zero-order valence-corrected chi connectivity index (χ0v) is 11.2. The van der Waals surface area contributed by atoms with Gasteiger partial charge in [-0.3, -0.25) is 4.79 Å².